The summed E-state index contributed by atoms with van der Waals surface area (Å²) in [5.74, 6) is 0.476. The minimum absolute atomic E-state index is 0.0981. The fourth-order valence-corrected chi connectivity index (χ4v) is 1.33. The van der Waals surface area contributed by atoms with Crippen LogP contribution in [0.2, 0.25) is 0 Å². The summed E-state index contributed by atoms with van der Waals surface area (Å²) in [6.07, 6.45) is 0. The first-order valence-corrected chi connectivity index (χ1v) is 4.34. The van der Waals surface area contributed by atoms with E-state index in [1.54, 1.807) is 0 Å². The highest BCUT2D eigenvalue weighted by atomic mass is 16.4. The maximum atomic E-state index is 5.36. The molecule has 1 aromatic heterocycles. The fourth-order valence-electron chi connectivity index (χ4n) is 1.33. The van der Waals surface area contributed by atoms with E-state index in [1.807, 2.05) is 32.0 Å². The second-order valence-corrected chi connectivity index (χ2v) is 3.19. The van der Waals surface area contributed by atoms with E-state index in [1.165, 1.54) is 5.56 Å². The van der Waals surface area contributed by atoms with Gasteiger partial charge in [-0.2, -0.15) is 0 Å². The third kappa shape index (κ3) is 1.35. The molecule has 0 aliphatic rings. The van der Waals surface area contributed by atoms with Crippen LogP contribution < -0.4 is 5.73 Å². The van der Waals surface area contributed by atoms with Gasteiger partial charge in [0, 0.05) is 5.56 Å². The number of aromatic nitrogens is 2. The van der Waals surface area contributed by atoms with E-state index >= 15 is 0 Å². The first-order chi connectivity index (χ1) is 6.68. The predicted octanol–water partition coefficient (Wildman–Crippen LogP) is 1.94. The molecule has 0 atom stereocenters. The summed E-state index contributed by atoms with van der Waals surface area (Å²) in [5.41, 5.74) is 8.63. The van der Waals surface area contributed by atoms with Crippen molar-refractivity contribution < 1.29 is 4.42 Å². The molecule has 2 aromatic rings. The molecule has 2 rings (SSSR count). The molecular weight excluding hydrogens is 178 g/mol. The predicted molar refractivity (Wildman–Crippen MR) is 53.6 cm³/mol. The first kappa shape index (κ1) is 8.74. The SMILES string of the molecule is Cc1cccc(-c2nnc(N)o2)c1C. The summed E-state index contributed by atoms with van der Waals surface area (Å²) < 4.78 is 5.16. The van der Waals surface area contributed by atoms with E-state index in [9.17, 15) is 0 Å². The van der Waals surface area contributed by atoms with Crippen LogP contribution in [0.15, 0.2) is 22.6 Å². The van der Waals surface area contributed by atoms with Gasteiger partial charge >= 0.3 is 6.01 Å². The number of nitrogens with zero attached hydrogens (tertiary/aromatic N) is 2. The molecule has 0 unspecified atom stereocenters. The highest BCUT2D eigenvalue weighted by molar-refractivity contribution is 5.60. The normalized spacial score (nSPS) is 10.4. The lowest BCUT2D eigenvalue weighted by atomic mass is 10.0. The molecule has 0 saturated carbocycles. The lowest BCUT2D eigenvalue weighted by Gasteiger charge is -2.03. The Balaban J connectivity index is 2.57. The number of aryl methyl sites for hydroxylation is 1. The number of nitrogen functional groups attached to an aromatic ring is 1. The van der Waals surface area contributed by atoms with Crippen molar-refractivity contribution in [1.82, 2.24) is 10.2 Å². The Morgan fingerprint density at radius 1 is 1.21 bits per heavy atom. The van der Waals surface area contributed by atoms with Crippen LogP contribution in [0.25, 0.3) is 11.5 Å². The molecule has 0 bridgehead atoms. The molecule has 0 aliphatic carbocycles. The van der Waals surface area contributed by atoms with Gasteiger partial charge in [-0.15, -0.1) is 5.10 Å². The second-order valence-electron chi connectivity index (χ2n) is 3.19. The number of nitrogens with two attached hydrogens (primary N) is 1. The minimum Gasteiger partial charge on any atom is -0.404 e. The zero-order valence-electron chi connectivity index (χ0n) is 8.11. The second kappa shape index (κ2) is 3.14. The Morgan fingerprint density at radius 2 is 2.00 bits per heavy atom. The van der Waals surface area contributed by atoms with E-state index in [4.69, 9.17) is 10.2 Å². The Hall–Kier alpha value is -1.84. The number of anilines is 1. The Kier molecular flexibility index (Phi) is 1.96. The first-order valence-electron chi connectivity index (χ1n) is 4.34. The average molecular weight is 189 g/mol. The van der Waals surface area contributed by atoms with Crippen molar-refractivity contribution in [3.63, 3.8) is 0 Å². The van der Waals surface area contributed by atoms with Crippen molar-refractivity contribution >= 4 is 6.01 Å². The zero-order valence-corrected chi connectivity index (χ0v) is 8.11. The van der Waals surface area contributed by atoms with E-state index in [2.05, 4.69) is 10.2 Å². The van der Waals surface area contributed by atoms with Crippen LogP contribution in [-0.2, 0) is 0 Å². The van der Waals surface area contributed by atoms with Gasteiger partial charge in [0.05, 0.1) is 0 Å². The van der Waals surface area contributed by atoms with Crippen LogP contribution in [0.4, 0.5) is 6.01 Å². The van der Waals surface area contributed by atoms with Crippen molar-refractivity contribution in [2.45, 2.75) is 13.8 Å². The van der Waals surface area contributed by atoms with Gasteiger partial charge in [0.2, 0.25) is 5.89 Å². The lowest BCUT2D eigenvalue weighted by molar-refractivity contribution is 0.589. The van der Waals surface area contributed by atoms with Gasteiger partial charge in [-0.25, -0.2) is 0 Å². The van der Waals surface area contributed by atoms with Crippen LogP contribution in [0.3, 0.4) is 0 Å². The third-order valence-corrected chi connectivity index (χ3v) is 2.28. The van der Waals surface area contributed by atoms with Gasteiger partial charge in [-0.1, -0.05) is 17.2 Å². The molecule has 72 valence electrons. The van der Waals surface area contributed by atoms with E-state index in [-0.39, 0.29) is 6.01 Å². The monoisotopic (exact) mass is 189 g/mol. The van der Waals surface area contributed by atoms with Gasteiger partial charge in [0.1, 0.15) is 0 Å². The van der Waals surface area contributed by atoms with Gasteiger partial charge in [0.15, 0.2) is 0 Å². The highest BCUT2D eigenvalue weighted by Gasteiger charge is 2.09. The molecule has 2 N–H and O–H groups in total. The van der Waals surface area contributed by atoms with Crippen molar-refractivity contribution in [2.75, 3.05) is 5.73 Å². The van der Waals surface area contributed by atoms with Crippen molar-refractivity contribution in [1.29, 1.82) is 0 Å². The van der Waals surface area contributed by atoms with Gasteiger partial charge in [-0.3, -0.25) is 0 Å². The summed E-state index contributed by atoms with van der Waals surface area (Å²) in [7, 11) is 0. The standard InChI is InChI=1S/C10H11N3O/c1-6-4-3-5-8(7(6)2)9-12-13-10(11)14-9/h3-5H,1-2H3,(H2,11,13). The molecule has 4 heteroatoms. The van der Waals surface area contributed by atoms with Crippen LogP contribution in [0.1, 0.15) is 11.1 Å². The molecule has 0 saturated heterocycles. The summed E-state index contributed by atoms with van der Waals surface area (Å²) in [6, 6.07) is 6.03. The number of benzene rings is 1. The molecule has 1 aromatic carbocycles. The molecular formula is C10H11N3O. The smallest absolute Gasteiger partial charge is 0.313 e. The van der Waals surface area contributed by atoms with Crippen LogP contribution in [0.5, 0.6) is 0 Å². The van der Waals surface area contributed by atoms with Crippen molar-refractivity contribution in [2.24, 2.45) is 0 Å². The number of rotatable bonds is 1. The molecule has 0 amide bonds. The van der Waals surface area contributed by atoms with Crippen LogP contribution >= 0.6 is 0 Å². The quantitative estimate of drug-likeness (QED) is 0.744. The lowest BCUT2D eigenvalue weighted by Crippen LogP contribution is -1.86. The Labute approximate surface area is 81.8 Å². The van der Waals surface area contributed by atoms with Gasteiger partial charge in [0.25, 0.3) is 0 Å². The molecule has 0 radical (unpaired) electrons. The van der Waals surface area contributed by atoms with Crippen LogP contribution in [0, 0.1) is 13.8 Å². The van der Waals surface area contributed by atoms with E-state index in [0.717, 1.165) is 11.1 Å². The van der Waals surface area contributed by atoms with E-state index in [0.29, 0.717) is 5.89 Å². The maximum Gasteiger partial charge on any atom is 0.313 e. The third-order valence-electron chi connectivity index (χ3n) is 2.28. The molecule has 4 nitrogen and oxygen atoms in total. The molecule has 0 spiro atoms. The molecule has 0 aliphatic heterocycles. The molecule has 1 heterocycles. The summed E-state index contributed by atoms with van der Waals surface area (Å²) in [6.45, 7) is 4.06. The van der Waals surface area contributed by atoms with Gasteiger partial charge in [-0.05, 0) is 31.0 Å². The summed E-state index contributed by atoms with van der Waals surface area (Å²) in [4.78, 5) is 0. The van der Waals surface area contributed by atoms with Crippen LogP contribution in [-0.4, -0.2) is 10.2 Å². The maximum absolute atomic E-state index is 5.36. The zero-order chi connectivity index (χ0) is 10.1. The number of hydrogen-bond donors (Lipinski definition) is 1. The largest absolute Gasteiger partial charge is 0.404 e. The van der Waals surface area contributed by atoms with Crippen molar-refractivity contribution in [3.8, 4) is 11.5 Å². The Bertz CT molecular complexity index is 462. The summed E-state index contributed by atoms with van der Waals surface area (Å²) in [5, 5.41) is 7.47. The number of hydrogen-bond acceptors (Lipinski definition) is 4. The fraction of sp³-hybridized carbons (Fsp3) is 0.200. The van der Waals surface area contributed by atoms with Gasteiger partial charge < -0.3 is 10.2 Å². The highest BCUT2D eigenvalue weighted by Crippen LogP contribution is 2.24. The summed E-state index contributed by atoms with van der Waals surface area (Å²) >= 11 is 0. The Morgan fingerprint density at radius 3 is 2.64 bits per heavy atom. The molecule has 14 heavy (non-hydrogen) atoms. The van der Waals surface area contributed by atoms with E-state index < -0.39 is 0 Å². The minimum atomic E-state index is 0.0981. The molecule has 0 fully saturated rings. The average Bonchev–Trinajstić information content (AvgIpc) is 2.57. The topological polar surface area (TPSA) is 64.9 Å². The van der Waals surface area contributed by atoms with Crippen molar-refractivity contribution in [3.05, 3.63) is 29.3 Å².